The Morgan fingerprint density at radius 3 is 2.60 bits per heavy atom. The molecule has 7 heteroatoms. The summed E-state index contributed by atoms with van der Waals surface area (Å²) in [6.45, 7) is 1.89. The quantitative estimate of drug-likeness (QED) is 0.760. The molecule has 0 bridgehead atoms. The highest BCUT2D eigenvalue weighted by Gasteiger charge is 2.12. The van der Waals surface area contributed by atoms with Gasteiger partial charge in [0.15, 0.2) is 5.65 Å². The molecule has 0 fully saturated rings. The maximum atomic E-state index is 12.4. The summed E-state index contributed by atoms with van der Waals surface area (Å²) in [7, 11) is 3.42. The average Bonchev–Trinajstić information content (AvgIpc) is 2.90. The summed E-state index contributed by atoms with van der Waals surface area (Å²) in [6, 6.07) is 8.98. The largest absolute Gasteiger partial charge is 0.359 e. The van der Waals surface area contributed by atoms with Crippen molar-refractivity contribution in [3.63, 3.8) is 0 Å². The molecule has 0 aliphatic carbocycles. The standard InChI is InChI=1S/C18H19N5O2/c1-11-15-9-13(10-20-17(15)23(3)22-11)18(25)21-14-6-4-12(5-7-14)8-16(24)19-2/h4-7,9-10H,8H2,1-3H3,(H,19,24)(H,21,25). The summed E-state index contributed by atoms with van der Waals surface area (Å²) in [5, 5.41) is 10.6. The molecule has 2 heterocycles. The second kappa shape index (κ2) is 6.72. The van der Waals surface area contributed by atoms with Gasteiger partial charge in [-0.3, -0.25) is 14.3 Å². The van der Waals surface area contributed by atoms with E-state index < -0.39 is 0 Å². The van der Waals surface area contributed by atoms with Crippen LogP contribution < -0.4 is 10.6 Å². The molecule has 3 rings (SSSR count). The molecule has 0 atom stereocenters. The number of carbonyl (C=O) groups excluding carboxylic acids is 2. The number of aryl methyl sites for hydroxylation is 2. The molecule has 0 radical (unpaired) electrons. The van der Waals surface area contributed by atoms with E-state index in [0.29, 0.717) is 17.7 Å². The van der Waals surface area contributed by atoms with Crippen molar-refractivity contribution < 1.29 is 9.59 Å². The third-order valence-corrected chi connectivity index (χ3v) is 3.98. The Morgan fingerprint density at radius 2 is 1.92 bits per heavy atom. The van der Waals surface area contributed by atoms with Crippen LogP contribution in [-0.4, -0.2) is 33.6 Å². The zero-order chi connectivity index (χ0) is 18.0. The molecule has 128 valence electrons. The van der Waals surface area contributed by atoms with Gasteiger partial charge in [-0.1, -0.05) is 12.1 Å². The van der Waals surface area contributed by atoms with Gasteiger partial charge in [-0.05, 0) is 30.7 Å². The number of hydrogen-bond donors (Lipinski definition) is 2. The van der Waals surface area contributed by atoms with E-state index in [0.717, 1.165) is 22.3 Å². The predicted octanol–water partition coefficient (Wildman–Crippen LogP) is 1.82. The smallest absolute Gasteiger partial charge is 0.257 e. The van der Waals surface area contributed by atoms with Gasteiger partial charge in [-0.15, -0.1) is 0 Å². The number of pyridine rings is 1. The lowest BCUT2D eigenvalue weighted by Gasteiger charge is -2.07. The molecule has 7 nitrogen and oxygen atoms in total. The number of hydrogen-bond acceptors (Lipinski definition) is 4. The summed E-state index contributed by atoms with van der Waals surface area (Å²) < 4.78 is 1.69. The maximum absolute atomic E-state index is 12.4. The number of aromatic nitrogens is 3. The Kier molecular flexibility index (Phi) is 4.47. The van der Waals surface area contributed by atoms with Gasteiger partial charge in [0.25, 0.3) is 5.91 Å². The Hall–Kier alpha value is -3.22. The second-order valence-electron chi connectivity index (χ2n) is 5.81. The number of nitrogens with zero attached hydrogens (tertiary/aromatic N) is 3. The lowest BCUT2D eigenvalue weighted by Crippen LogP contribution is -2.19. The van der Waals surface area contributed by atoms with Crippen molar-refractivity contribution in [2.24, 2.45) is 7.05 Å². The summed E-state index contributed by atoms with van der Waals surface area (Å²) >= 11 is 0. The first-order chi connectivity index (χ1) is 12.0. The zero-order valence-electron chi connectivity index (χ0n) is 14.3. The van der Waals surface area contributed by atoms with Gasteiger partial charge in [0.2, 0.25) is 5.91 Å². The first-order valence-electron chi connectivity index (χ1n) is 7.88. The van der Waals surface area contributed by atoms with E-state index in [2.05, 4.69) is 20.7 Å². The van der Waals surface area contributed by atoms with Crippen molar-refractivity contribution in [3.8, 4) is 0 Å². The Labute approximate surface area is 145 Å². The van der Waals surface area contributed by atoms with Crippen LogP contribution in [0.15, 0.2) is 36.5 Å². The summed E-state index contributed by atoms with van der Waals surface area (Å²) in [6.07, 6.45) is 1.85. The second-order valence-corrected chi connectivity index (χ2v) is 5.81. The van der Waals surface area contributed by atoms with E-state index in [4.69, 9.17) is 0 Å². The topological polar surface area (TPSA) is 88.9 Å². The van der Waals surface area contributed by atoms with Crippen molar-refractivity contribution in [3.05, 3.63) is 53.3 Å². The van der Waals surface area contributed by atoms with Crippen LogP contribution in [0.1, 0.15) is 21.6 Å². The maximum Gasteiger partial charge on any atom is 0.257 e. The lowest BCUT2D eigenvalue weighted by molar-refractivity contribution is -0.119. The number of fused-ring (bicyclic) bond motifs is 1. The van der Waals surface area contributed by atoms with E-state index in [1.54, 1.807) is 36.1 Å². The molecule has 0 unspecified atom stereocenters. The molecular weight excluding hydrogens is 318 g/mol. The molecule has 1 aromatic carbocycles. The van der Waals surface area contributed by atoms with Gasteiger partial charge in [0.1, 0.15) is 0 Å². The van der Waals surface area contributed by atoms with Crippen molar-refractivity contribution in [2.75, 3.05) is 12.4 Å². The summed E-state index contributed by atoms with van der Waals surface area (Å²) in [4.78, 5) is 28.1. The third kappa shape index (κ3) is 3.50. The van der Waals surface area contributed by atoms with Gasteiger partial charge < -0.3 is 10.6 Å². The van der Waals surface area contributed by atoms with E-state index in [9.17, 15) is 9.59 Å². The van der Waals surface area contributed by atoms with E-state index in [1.165, 1.54) is 0 Å². The molecule has 2 N–H and O–H groups in total. The van der Waals surface area contributed by atoms with Crippen LogP contribution in [0.25, 0.3) is 11.0 Å². The lowest BCUT2D eigenvalue weighted by atomic mass is 10.1. The molecule has 0 aliphatic heterocycles. The molecule has 2 amide bonds. The highest BCUT2D eigenvalue weighted by molar-refractivity contribution is 6.05. The Bertz CT molecular complexity index is 944. The molecule has 3 aromatic rings. The van der Waals surface area contributed by atoms with Crippen LogP contribution in [0.5, 0.6) is 0 Å². The molecule has 0 saturated heterocycles. The average molecular weight is 337 g/mol. The molecule has 2 aromatic heterocycles. The van der Waals surface area contributed by atoms with Crippen LogP contribution >= 0.6 is 0 Å². The van der Waals surface area contributed by atoms with Gasteiger partial charge in [-0.25, -0.2) is 4.98 Å². The molecule has 0 aliphatic rings. The highest BCUT2D eigenvalue weighted by atomic mass is 16.2. The van der Waals surface area contributed by atoms with Crippen LogP contribution in [0.2, 0.25) is 0 Å². The fraction of sp³-hybridized carbons (Fsp3) is 0.222. The zero-order valence-corrected chi connectivity index (χ0v) is 14.3. The third-order valence-electron chi connectivity index (χ3n) is 3.98. The van der Waals surface area contributed by atoms with E-state index in [1.807, 2.05) is 26.1 Å². The first-order valence-corrected chi connectivity index (χ1v) is 7.88. The van der Waals surface area contributed by atoms with Crippen LogP contribution in [-0.2, 0) is 18.3 Å². The van der Waals surface area contributed by atoms with Gasteiger partial charge >= 0.3 is 0 Å². The van der Waals surface area contributed by atoms with E-state index in [-0.39, 0.29) is 11.8 Å². The number of carbonyl (C=O) groups is 2. The van der Waals surface area contributed by atoms with Crippen LogP contribution in [0.3, 0.4) is 0 Å². The van der Waals surface area contributed by atoms with Crippen molar-refractivity contribution in [2.45, 2.75) is 13.3 Å². The first kappa shape index (κ1) is 16.6. The minimum Gasteiger partial charge on any atom is -0.359 e. The number of anilines is 1. The molecule has 0 saturated carbocycles. The fourth-order valence-corrected chi connectivity index (χ4v) is 2.62. The van der Waals surface area contributed by atoms with Crippen LogP contribution in [0, 0.1) is 6.92 Å². The Morgan fingerprint density at radius 1 is 1.20 bits per heavy atom. The highest BCUT2D eigenvalue weighted by Crippen LogP contribution is 2.18. The number of likely N-dealkylation sites (N-methyl/N-ethyl adjacent to an activating group) is 1. The molecular formula is C18H19N5O2. The van der Waals surface area contributed by atoms with Gasteiger partial charge in [0, 0.05) is 31.4 Å². The number of amides is 2. The minimum absolute atomic E-state index is 0.0528. The summed E-state index contributed by atoms with van der Waals surface area (Å²) in [5.74, 6) is -0.292. The normalized spacial score (nSPS) is 10.7. The number of nitrogens with one attached hydrogen (secondary N) is 2. The van der Waals surface area contributed by atoms with Crippen molar-refractivity contribution in [1.29, 1.82) is 0 Å². The number of rotatable bonds is 4. The van der Waals surface area contributed by atoms with Crippen molar-refractivity contribution in [1.82, 2.24) is 20.1 Å². The van der Waals surface area contributed by atoms with Gasteiger partial charge in [0.05, 0.1) is 17.7 Å². The fourth-order valence-electron chi connectivity index (χ4n) is 2.62. The minimum atomic E-state index is -0.239. The van der Waals surface area contributed by atoms with Crippen LogP contribution in [0.4, 0.5) is 5.69 Å². The summed E-state index contributed by atoms with van der Waals surface area (Å²) in [5.41, 5.74) is 3.59. The van der Waals surface area contributed by atoms with E-state index >= 15 is 0 Å². The Balaban J connectivity index is 1.75. The van der Waals surface area contributed by atoms with Gasteiger partial charge in [-0.2, -0.15) is 5.10 Å². The monoisotopic (exact) mass is 337 g/mol. The molecule has 0 spiro atoms. The van der Waals surface area contributed by atoms with Crippen molar-refractivity contribution >= 4 is 28.5 Å². The SMILES string of the molecule is CNC(=O)Cc1ccc(NC(=O)c2cnc3c(c2)c(C)nn3C)cc1. The molecule has 25 heavy (non-hydrogen) atoms. The number of benzene rings is 1. The predicted molar refractivity (Wildman–Crippen MR) is 95.4 cm³/mol.